The molecule has 27 heavy (non-hydrogen) atoms. The molecule has 0 aliphatic rings. The van der Waals surface area contributed by atoms with E-state index < -0.39 is 0 Å². The number of benzene rings is 1. The molecule has 0 aliphatic heterocycles. The first-order chi connectivity index (χ1) is 13.2. The Labute approximate surface area is 161 Å². The number of ether oxygens (including phenoxy) is 1. The van der Waals surface area contributed by atoms with Crippen molar-refractivity contribution < 1.29 is 9.53 Å². The third-order valence-electron chi connectivity index (χ3n) is 4.47. The predicted molar refractivity (Wildman–Crippen MR) is 108 cm³/mol. The van der Waals surface area contributed by atoms with Crippen molar-refractivity contribution in [2.24, 2.45) is 0 Å². The van der Waals surface area contributed by atoms with Gasteiger partial charge in [-0.05, 0) is 52.7 Å². The molecule has 3 aromatic heterocycles. The van der Waals surface area contributed by atoms with E-state index >= 15 is 0 Å². The second-order valence-electron chi connectivity index (χ2n) is 6.24. The number of aromatic nitrogens is 2. The van der Waals surface area contributed by atoms with Gasteiger partial charge >= 0.3 is 0 Å². The maximum absolute atomic E-state index is 12.7. The summed E-state index contributed by atoms with van der Waals surface area (Å²) < 4.78 is 7.28. The van der Waals surface area contributed by atoms with E-state index in [0.29, 0.717) is 12.1 Å². The van der Waals surface area contributed by atoms with Crippen molar-refractivity contribution in [2.45, 2.75) is 12.5 Å². The van der Waals surface area contributed by atoms with Gasteiger partial charge in [0.2, 0.25) is 5.91 Å². The maximum atomic E-state index is 12.7. The van der Waals surface area contributed by atoms with Crippen LogP contribution in [-0.4, -0.2) is 22.6 Å². The van der Waals surface area contributed by atoms with Gasteiger partial charge in [-0.1, -0.05) is 0 Å². The molecule has 0 spiro atoms. The largest absolute Gasteiger partial charge is 0.497 e. The Hall–Kier alpha value is -3.12. The molecule has 0 fully saturated rings. The van der Waals surface area contributed by atoms with Gasteiger partial charge in [0.05, 0.1) is 37.0 Å². The minimum atomic E-state index is -0.0467. The number of thiophene rings is 1. The molecular formula is C21H19N3O2S. The molecule has 3 heterocycles. The zero-order valence-electron chi connectivity index (χ0n) is 14.8. The summed E-state index contributed by atoms with van der Waals surface area (Å²) in [5, 5.41) is 8.05. The van der Waals surface area contributed by atoms with Crippen molar-refractivity contribution in [1.82, 2.24) is 9.55 Å². The number of carbonyl (C=O) groups excluding carboxylic acids is 1. The van der Waals surface area contributed by atoms with Crippen molar-refractivity contribution in [1.29, 1.82) is 0 Å². The lowest BCUT2D eigenvalue weighted by atomic mass is 10.1. The Balaban J connectivity index is 1.52. The van der Waals surface area contributed by atoms with E-state index in [4.69, 9.17) is 4.74 Å². The lowest BCUT2D eigenvalue weighted by molar-refractivity contribution is -0.116. The zero-order valence-corrected chi connectivity index (χ0v) is 15.6. The number of hydrogen-bond acceptors (Lipinski definition) is 4. The number of rotatable bonds is 6. The molecule has 0 saturated heterocycles. The molecule has 6 heteroatoms. The van der Waals surface area contributed by atoms with E-state index in [1.54, 1.807) is 24.6 Å². The zero-order chi connectivity index (χ0) is 18.6. The summed E-state index contributed by atoms with van der Waals surface area (Å²) in [6, 6.07) is 13.6. The van der Waals surface area contributed by atoms with Gasteiger partial charge in [-0.25, -0.2) is 0 Å². The molecule has 1 atom stereocenters. The predicted octanol–water partition coefficient (Wildman–Crippen LogP) is 4.72. The maximum Gasteiger partial charge on any atom is 0.226 e. The SMILES string of the molecule is COc1ccc2cc(NC(=O)C[C@H](c3ccsc3)n3cccc3)cnc2c1. The van der Waals surface area contributed by atoms with Crippen LogP contribution >= 0.6 is 11.3 Å². The number of nitrogens with one attached hydrogen (secondary N) is 1. The number of carbonyl (C=O) groups is 1. The fourth-order valence-electron chi connectivity index (χ4n) is 3.10. The monoisotopic (exact) mass is 377 g/mol. The first-order valence-corrected chi connectivity index (χ1v) is 9.55. The molecule has 0 saturated carbocycles. The molecule has 1 aromatic carbocycles. The van der Waals surface area contributed by atoms with Crippen LogP contribution in [0.1, 0.15) is 18.0 Å². The molecule has 136 valence electrons. The van der Waals surface area contributed by atoms with Crippen LogP contribution in [-0.2, 0) is 4.79 Å². The van der Waals surface area contributed by atoms with Crippen LogP contribution < -0.4 is 10.1 Å². The lowest BCUT2D eigenvalue weighted by Gasteiger charge is -2.18. The highest BCUT2D eigenvalue weighted by atomic mass is 32.1. The summed E-state index contributed by atoms with van der Waals surface area (Å²) in [5.41, 5.74) is 2.65. The highest BCUT2D eigenvalue weighted by molar-refractivity contribution is 7.08. The van der Waals surface area contributed by atoms with E-state index in [1.165, 1.54) is 0 Å². The van der Waals surface area contributed by atoms with E-state index in [2.05, 4.69) is 26.3 Å². The highest BCUT2D eigenvalue weighted by Crippen LogP contribution is 2.26. The molecule has 1 amide bonds. The fourth-order valence-corrected chi connectivity index (χ4v) is 3.81. The third-order valence-corrected chi connectivity index (χ3v) is 5.17. The standard InChI is InChI=1S/C21H19N3O2S/c1-26-18-5-4-15-10-17(13-22-19(15)11-18)23-21(25)12-20(16-6-9-27-14-16)24-7-2-3-8-24/h2-11,13-14,20H,12H2,1H3,(H,23,25)/t20-/m1/s1. The molecule has 1 N–H and O–H groups in total. The van der Waals surface area contributed by atoms with Crippen molar-refractivity contribution in [2.75, 3.05) is 12.4 Å². The first kappa shape index (κ1) is 17.3. The van der Waals surface area contributed by atoms with Gasteiger partial charge < -0.3 is 14.6 Å². The molecule has 4 aromatic rings. The van der Waals surface area contributed by atoms with Crippen LogP contribution in [0.25, 0.3) is 10.9 Å². The summed E-state index contributed by atoms with van der Waals surface area (Å²) in [4.78, 5) is 17.1. The normalized spacial score (nSPS) is 12.0. The van der Waals surface area contributed by atoms with Crippen LogP contribution in [0.5, 0.6) is 5.75 Å². The van der Waals surface area contributed by atoms with Crippen LogP contribution in [0.2, 0.25) is 0 Å². The molecule has 0 aliphatic carbocycles. The van der Waals surface area contributed by atoms with Crippen LogP contribution in [0.4, 0.5) is 5.69 Å². The third kappa shape index (κ3) is 3.85. The summed E-state index contributed by atoms with van der Waals surface area (Å²) in [6.45, 7) is 0. The van der Waals surface area contributed by atoms with Crippen LogP contribution in [0, 0.1) is 0 Å². The number of amides is 1. The summed E-state index contributed by atoms with van der Waals surface area (Å²) in [6.07, 6.45) is 6.00. The van der Waals surface area contributed by atoms with Gasteiger partial charge in [-0.3, -0.25) is 9.78 Å². The number of pyridine rings is 1. The fraction of sp³-hybridized carbons (Fsp3) is 0.143. The average Bonchev–Trinajstić information content (AvgIpc) is 3.40. The molecule has 4 rings (SSSR count). The molecule has 5 nitrogen and oxygen atoms in total. The number of nitrogens with zero attached hydrogens (tertiary/aromatic N) is 2. The van der Waals surface area contributed by atoms with Crippen molar-refractivity contribution in [3.63, 3.8) is 0 Å². The van der Waals surface area contributed by atoms with Gasteiger partial charge in [0.25, 0.3) is 0 Å². The second-order valence-corrected chi connectivity index (χ2v) is 7.02. The minimum absolute atomic E-state index is 0.0241. The summed E-state index contributed by atoms with van der Waals surface area (Å²) >= 11 is 1.64. The Kier molecular flexibility index (Phi) is 4.89. The van der Waals surface area contributed by atoms with Gasteiger partial charge in [0.15, 0.2) is 0 Å². The smallest absolute Gasteiger partial charge is 0.226 e. The van der Waals surface area contributed by atoms with Crippen molar-refractivity contribution >= 4 is 33.8 Å². The highest BCUT2D eigenvalue weighted by Gasteiger charge is 2.18. The Morgan fingerprint density at radius 2 is 2.11 bits per heavy atom. The lowest BCUT2D eigenvalue weighted by Crippen LogP contribution is -2.19. The number of fused-ring (bicyclic) bond motifs is 1. The van der Waals surface area contributed by atoms with Gasteiger partial charge in [-0.2, -0.15) is 11.3 Å². The van der Waals surface area contributed by atoms with Crippen molar-refractivity contribution in [3.05, 3.63) is 77.4 Å². The number of methoxy groups -OCH3 is 1. The van der Waals surface area contributed by atoms with E-state index in [9.17, 15) is 4.79 Å². The topological polar surface area (TPSA) is 56.1 Å². The van der Waals surface area contributed by atoms with E-state index in [-0.39, 0.29) is 11.9 Å². The first-order valence-electron chi connectivity index (χ1n) is 8.61. The number of hydrogen-bond donors (Lipinski definition) is 1. The van der Waals surface area contributed by atoms with Gasteiger partial charge in [0.1, 0.15) is 5.75 Å². The molecule has 0 unspecified atom stereocenters. The van der Waals surface area contributed by atoms with Gasteiger partial charge in [-0.15, -0.1) is 0 Å². The quantitative estimate of drug-likeness (QED) is 0.529. The van der Waals surface area contributed by atoms with Crippen LogP contribution in [0.3, 0.4) is 0 Å². The molecule has 0 bridgehead atoms. The number of anilines is 1. The summed E-state index contributed by atoms with van der Waals surface area (Å²) in [7, 11) is 1.63. The Morgan fingerprint density at radius 3 is 2.85 bits per heavy atom. The Morgan fingerprint density at radius 1 is 1.26 bits per heavy atom. The summed E-state index contributed by atoms with van der Waals surface area (Å²) in [5.74, 6) is 0.715. The van der Waals surface area contributed by atoms with E-state index in [0.717, 1.165) is 22.2 Å². The van der Waals surface area contributed by atoms with Gasteiger partial charge in [0, 0.05) is 23.8 Å². The molecule has 0 radical (unpaired) electrons. The Bertz CT molecular complexity index is 1010. The molecular weight excluding hydrogens is 358 g/mol. The van der Waals surface area contributed by atoms with Crippen LogP contribution in [0.15, 0.2) is 71.8 Å². The minimum Gasteiger partial charge on any atom is -0.497 e. The average molecular weight is 377 g/mol. The van der Waals surface area contributed by atoms with Crippen molar-refractivity contribution in [3.8, 4) is 5.75 Å². The second kappa shape index (κ2) is 7.63. The van der Waals surface area contributed by atoms with E-state index in [1.807, 2.05) is 54.2 Å².